The molecular weight excluding hydrogens is 274 g/mol. The minimum Gasteiger partial charge on any atom is -0.300 e. The lowest BCUT2D eigenvalue weighted by molar-refractivity contribution is 0.222. The fourth-order valence-electron chi connectivity index (χ4n) is 3.33. The van der Waals surface area contributed by atoms with Gasteiger partial charge in [0, 0.05) is 10.5 Å². The zero-order valence-corrected chi connectivity index (χ0v) is 11.9. The monoisotopic (exact) mass is 293 g/mol. The Morgan fingerprint density at radius 3 is 2.47 bits per heavy atom. The Labute approximate surface area is 112 Å². The van der Waals surface area contributed by atoms with E-state index in [1.165, 1.54) is 56.1 Å². The van der Waals surface area contributed by atoms with Crippen molar-refractivity contribution in [1.29, 1.82) is 0 Å². The highest BCUT2D eigenvalue weighted by molar-refractivity contribution is 9.10. The van der Waals surface area contributed by atoms with Crippen LogP contribution in [-0.4, -0.2) is 24.0 Å². The molecule has 1 aliphatic carbocycles. The summed E-state index contributed by atoms with van der Waals surface area (Å²) in [5, 5.41) is 0. The molecule has 0 radical (unpaired) electrons. The lowest BCUT2D eigenvalue weighted by atomic mass is 10.0. The van der Waals surface area contributed by atoms with Gasteiger partial charge in [0.25, 0.3) is 0 Å². The second-order valence-corrected chi connectivity index (χ2v) is 6.30. The van der Waals surface area contributed by atoms with Gasteiger partial charge < -0.3 is 4.90 Å². The van der Waals surface area contributed by atoms with Gasteiger partial charge in [-0.1, -0.05) is 22.0 Å². The molecule has 1 nitrogen and oxygen atoms in total. The van der Waals surface area contributed by atoms with E-state index in [1.807, 2.05) is 0 Å². The van der Waals surface area contributed by atoms with Crippen molar-refractivity contribution in [2.24, 2.45) is 0 Å². The van der Waals surface area contributed by atoms with Crippen molar-refractivity contribution in [2.75, 3.05) is 13.1 Å². The molecule has 1 heterocycles. The van der Waals surface area contributed by atoms with E-state index in [4.69, 9.17) is 0 Å². The predicted molar refractivity (Wildman–Crippen MR) is 75.4 cm³/mol. The number of aryl methyl sites for hydroxylation is 2. The number of benzene rings is 1. The Hall–Kier alpha value is -0.340. The molecule has 2 heteroatoms. The summed E-state index contributed by atoms with van der Waals surface area (Å²) in [5.74, 6) is 0. The second kappa shape index (κ2) is 5.11. The van der Waals surface area contributed by atoms with E-state index >= 15 is 0 Å². The maximum atomic E-state index is 3.59. The maximum Gasteiger partial charge on any atom is 0.0178 e. The third-order valence-electron chi connectivity index (χ3n) is 4.32. The molecule has 17 heavy (non-hydrogen) atoms. The Morgan fingerprint density at radius 2 is 1.71 bits per heavy atom. The van der Waals surface area contributed by atoms with Crippen molar-refractivity contribution >= 4 is 15.9 Å². The average molecular weight is 294 g/mol. The Kier molecular flexibility index (Phi) is 3.53. The van der Waals surface area contributed by atoms with Crippen molar-refractivity contribution < 1.29 is 0 Å². The minimum absolute atomic E-state index is 0.837. The normalized spacial score (nSPS) is 25.6. The van der Waals surface area contributed by atoms with Gasteiger partial charge in [0.05, 0.1) is 0 Å². The van der Waals surface area contributed by atoms with Gasteiger partial charge in [0.2, 0.25) is 0 Å². The standard InChI is InChI=1S/C15H20BrN/c16-14-6-3-12-4-7-15(8-5-13(12)11-14)17-9-1-2-10-17/h3,6,11,15H,1-2,4-5,7-10H2. The molecule has 0 saturated carbocycles. The summed E-state index contributed by atoms with van der Waals surface area (Å²) in [5.41, 5.74) is 3.15. The molecule has 3 rings (SSSR count). The second-order valence-electron chi connectivity index (χ2n) is 5.39. The van der Waals surface area contributed by atoms with Gasteiger partial charge >= 0.3 is 0 Å². The fraction of sp³-hybridized carbons (Fsp3) is 0.600. The van der Waals surface area contributed by atoms with Crippen LogP contribution >= 0.6 is 15.9 Å². The topological polar surface area (TPSA) is 3.24 Å². The average Bonchev–Trinajstić information content (AvgIpc) is 2.77. The molecule has 1 aromatic carbocycles. The zero-order valence-electron chi connectivity index (χ0n) is 10.3. The van der Waals surface area contributed by atoms with Crippen LogP contribution in [0.2, 0.25) is 0 Å². The predicted octanol–water partition coefficient (Wildman–Crippen LogP) is 3.79. The van der Waals surface area contributed by atoms with Crippen LogP contribution in [0.1, 0.15) is 36.8 Å². The van der Waals surface area contributed by atoms with Crippen molar-refractivity contribution in [3.63, 3.8) is 0 Å². The molecule has 92 valence electrons. The Bertz CT molecular complexity index is 396. The number of halogens is 1. The lowest BCUT2D eigenvalue weighted by Gasteiger charge is -2.25. The van der Waals surface area contributed by atoms with E-state index in [2.05, 4.69) is 39.0 Å². The van der Waals surface area contributed by atoms with Crippen LogP contribution < -0.4 is 0 Å². The molecule has 2 aliphatic rings. The summed E-state index contributed by atoms with van der Waals surface area (Å²) in [4.78, 5) is 2.72. The van der Waals surface area contributed by atoms with E-state index in [1.54, 1.807) is 11.1 Å². The van der Waals surface area contributed by atoms with E-state index in [9.17, 15) is 0 Å². The zero-order chi connectivity index (χ0) is 11.7. The first kappa shape index (κ1) is 11.7. The smallest absolute Gasteiger partial charge is 0.0178 e. The highest BCUT2D eigenvalue weighted by Crippen LogP contribution is 2.27. The largest absolute Gasteiger partial charge is 0.300 e. The van der Waals surface area contributed by atoms with Gasteiger partial charge in [-0.25, -0.2) is 0 Å². The molecule has 0 aromatic heterocycles. The number of hydrogen-bond acceptors (Lipinski definition) is 1. The van der Waals surface area contributed by atoms with Gasteiger partial charge in [-0.3, -0.25) is 0 Å². The van der Waals surface area contributed by atoms with Crippen molar-refractivity contribution in [3.8, 4) is 0 Å². The molecule has 1 aromatic rings. The maximum absolute atomic E-state index is 3.59. The SMILES string of the molecule is Brc1ccc2c(c1)CCC(N1CCCC1)CC2. The molecule has 0 bridgehead atoms. The first-order valence-corrected chi connectivity index (χ1v) is 7.63. The highest BCUT2D eigenvalue weighted by Gasteiger charge is 2.24. The molecule has 1 aliphatic heterocycles. The number of likely N-dealkylation sites (tertiary alicyclic amines) is 1. The summed E-state index contributed by atoms with van der Waals surface area (Å²) in [6.45, 7) is 2.68. The van der Waals surface area contributed by atoms with Gasteiger partial charge in [-0.2, -0.15) is 0 Å². The number of fused-ring (bicyclic) bond motifs is 1. The van der Waals surface area contributed by atoms with Gasteiger partial charge in [0.1, 0.15) is 0 Å². The van der Waals surface area contributed by atoms with Gasteiger partial charge in [0.15, 0.2) is 0 Å². The van der Waals surface area contributed by atoms with Crippen LogP contribution in [0.5, 0.6) is 0 Å². The molecule has 1 atom stereocenters. The first-order valence-electron chi connectivity index (χ1n) is 6.84. The third kappa shape index (κ3) is 2.58. The summed E-state index contributed by atoms with van der Waals surface area (Å²) in [7, 11) is 0. The minimum atomic E-state index is 0.837. The molecule has 1 fully saturated rings. The van der Waals surface area contributed by atoms with Crippen LogP contribution in [0.4, 0.5) is 0 Å². The van der Waals surface area contributed by atoms with E-state index in [0.717, 1.165) is 6.04 Å². The Morgan fingerprint density at radius 1 is 1.00 bits per heavy atom. The van der Waals surface area contributed by atoms with Crippen LogP contribution in [-0.2, 0) is 12.8 Å². The molecule has 0 amide bonds. The van der Waals surface area contributed by atoms with Gasteiger partial charge in [-0.05, 0) is 74.9 Å². The summed E-state index contributed by atoms with van der Waals surface area (Å²) in [6.07, 6.45) is 8.06. The summed E-state index contributed by atoms with van der Waals surface area (Å²) >= 11 is 3.59. The quantitative estimate of drug-likeness (QED) is 0.712. The third-order valence-corrected chi connectivity index (χ3v) is 4.81. The fourth-order valence-corrected chi connectivity index (χ4v) is 3.74. The Balaban J connectivity index is 1.74. The highest BCUT2D eigenvalue weighted by atomic mass is 79.9. The van der Waals surface area contributed by atoms with Crippen LogP contribution in [0.15, 0.2) is 22.7 Å². The van der Waals surface area contributed by atoms with Gasteiger partial charge in [-0.15, -0.1) is 0 Å². The van der Waals surface area contributed by atoms with Crippen LogP contribution in [0.25, 0.3) is 0 Å². The van der Waals surface area contributed by atoms with Crippen LogP contribution in [0.3, 0.4) is 0 Å². The number of rotatable bonds is 1. The molecule has 0 spiro atoms. The lowest BCUT2D eigenvalue weighted by Crippen LogP contribution is -2.32. The van der Waals surface area contributed by atoms with Crippen molar-refractivity contribution in [1.82, 2.24) is 4.90 Å². The first-order chi connectivity index (χ1) is 8.33. The summed E-state index contributed by atoms with van der Waals surface area (Å²) in [6, 6.07) is 7.66. The van der Waals surface area contributed by atoms with E-state index < -0.39 is 0 Å². The number of hydrogen-bond donors (Lipinski definition) is 0. The molecule has 0 N–H and O–H groups in total. The number of nitrogens with zero attached hydrogens (tertiary/aromatic N) is 1. The van der Waals surface area contributed by atoms with E-state index in [-0.39, 0.29) is 0 Å². The van der Waals surface area contributed by atoms with E-state index in [0.29, 0.717) is 0 Å². The molecule has 1 saturated heterocycles. The summed E-state index contributed by atoms with van der Waals surface area (Å²) < 4.78 is 1.23. The van der Waals surface area contributed by atoms with Crippen LogP contribution in [0, 0.1) is 0 Å². The molecule has 1 unspecified atom stereocenters. The molecular formula is C15H20BrN. The van der Waals surface area contributed by atoms with Crippen molar-refractivity contribution in [2.45, 2.75) is 44.6 Å². The van der Waals surface area contributed by atoms with Crippen molar-refractivity contribution in [3.05, 3.63) is 33.8 Å².